The first-order chi connectivity index (χ1) is 8.37. The molecule has 18 heavy (non-hydrogen) atoms. The molecule has 2 amide bonds. The van der Waals surface area contributed by atoms with Gasteiger partial charge in [0.15, 0.2) is 11.9 Å². The number of hydrogen-bond acceptors (Lipinski definition) is 5. The number of carbonyl (C=O) groups excluding carboxylic acids is 1. The van der Waals surface area contributed by atoms with E-state index in [1.165, 1.54) is 12.3 Å². The van der Waals surface area contributed by atoms with Gasteiger partial charge in [-0.15, -0.1) is 0 Å². The molecule has 0 aromatic heterocycles. The Morgan fingerprint density at radius 2 is 2.39 bits per heavy atom. The second kappa shape index (κ2) is 4.47. The SMILES string of the molecule is C[C@@]1(F)[C@H](O)[C@@H](CO)O[C@H]1N1C=CC(N)NC1=O. The zero-order valence-electron chi connectivity index (χ0n) is 9.78. The molecule has 1 fully saturated rings. The van der Waals surface area contributed by atoms with Crippen LogP contribution in [0.25, 0.3) is 0 Å². The Morgan fingerprint density at radius 3 is 2.89 bits per heavy atom. The van der Waals surface area contributed by atoms with E-state index in [1.807, 2.05) is 0 Å². The van der Waals surface area contributed by atoms with Crippen molar-refractivity contribution in [2.45, 2.75) is 37.2 Å². The zero-order valence-corrected chi connectivity index (χ0v) is 9.78. The van der Waals surface area contributed by atoms with Crippen LogP contribution < -0.4 is 11.1 Å². The molecule has 2 aliphatic heterocycles. The van der Waals surface area contributed by atoms with Gasteiger partial charge in [0.05, 0.1) is 12.8 Å². The number of carbonyl (C=O) groups is 1. The molecule has 1 unspecified atom stereocenters. The van der Waals surface area contributed by atoms with Gasteiger partial charge in [0, 0.05) is 6.20 Å². The highest BCUT2D eigenvalue weighted by atomic mass is 19.1. The van der Waals surface area contributed by atoms with Gasteiger partial charge in [0.25, 0.3) is 0 Å². The van der Waals surface area contributed by atoms with Crippen LogP contribution >= 0.6 is 0 Å². The summed E-state index contributed by atoms with van der Waals surface area (Å²) in [4.78, 5) is 12.6. The van der Waals surface area contributed by atoms with E-state index < -0.39 is 42.9 Å². The molecule has 0 saturated carbocycles. The zero-order chi connectivity index (χ0) is 13.5. The van der Waals surface area contributed by atoms with E-state index in [0.29, 0.717) is 0 Å². The minimum Gasteiger partial charge on any atom is -0.394 e. The number of ether oxygens (including phenoxy) is 1. The topological polar surface area (TPSA) is 108 Å². The summed E-state index contributed by atoms with van der Waals surface area (Å²) in [6.07, 6.45) is -1.77. The molecule has 102 valence electrons. The van der Waals surface area contributed by atoms with Gasteiger partial charge in [-0.1, -0.05) is 0 Å². The lowest BCUT2D eigenvalue weighted by molar-refractivity contribution is -0.0730. The molecule has 0 aliphatic carbocycles. The van der Waals surface area contributed by atoms with Gasteiger partial charge in [-0.2, -0.15) is 0 Å². The lowest BCUT2D eigenvalue weighted by Crippen LogP contribution is -2.57. The summed E-state index contributed by atoms with van der Waals surface area (Å²) in [5, 5.41) is 21.1. The highest BCUT2D eigenvalue weighted by Crippen LogP contribution is 2.36. The standard InChI is InChI=1S/C10H16FN3O4/c1-10(11)7(16)5(4-15)18-8(10)14-3-2-6(12)13-9(14)17/h2-3,5-8,15-16H,4,12H2,1H3,(H,13,17)/t5-,6?,7-,8-,10-/m1/s1. The summed E-state index contributed by atoms with van der Waals surface area (Å²) in [6.45, 7) is 0.587. The molecule has 2 aliphatic rings. The maximum absolute atomic E-state index is 14.4. The van der Waals surface area contributed by atoms with E-state index in [9.17, 15) is 14.3 Å². The average molecular weight is 261 g/mol. The molecule has 2 heterocycles. The summed E-state index contributed by atoms with van der Waals surface area (Å²) in [7, 11) is 0. The molecular formula is C10H16FN3O4. The first kappa shape index (κ1) is 13.2. The fraction of sp³-hybridized carbons (Fsp3) is 0.700. The predicted octanol–water partition coefficient (Wildman–Crippen LogP) is -1.38. The van der Waals surface area contributed by atoms with Gasteiger partial charge in [-0.25, -0.2) is 9.18 Å². The molecule has 0 aromatic rings. The van der Waals surface area contributed by atoms with Crippen molar-refractivity contribution in [2.24, 2.45) is 5.73 Å². The Morgan fingerprint density at radius 1 is 1.72 bits per heavy atom. The molecule has 0 radical (unpaired) electrons. The summed E-state index contributed by atoms with van der Waals surface area (Å²) in [5.74, 6) is 0. The highest BCUT2D eigenvalue weighted by Gasteiger charge is 2.57. The number of nitrogens with one attached hydrogen (secondary N) is 1. The Hall–Kier alpha value is -1.22. The predicted molar refractivity (Wildman–Crippen MR) is 58.8 cm³/mol. The van der Waals surface area contributed by atoms with Crippen molar-refractivity contribution in [3.63, 3.8) is 0 Å². The van der Waals surface area contributed by atoms with Crippen LogP contribution in [-0.2, 0) is 4.74 Å². The fourth-order valence-electron chi connectivity index (χ4n) is 2.07. The highest BCUT2D eigenvalue weighted by molar-refractivity contribution is 5.77. The van der Waals surface area contributed by atoms with Crippen molar-refractivity contribution in [3.8, 4) is 0 Å². The Balaban J connectivity index is 2.23. The summed E-state index contributed by atoms with van der Waals surface area (Å²) >= 11 is 0. The fourth-order valence-corrected chi connectivity index (χ4v) is 2.07. The average Bonchev–Trinajstić information content (AvgIpc) is 2.52. The van der Waals surface area contributed by atoms with Gasteiger partial charge in [-0.3, -0.25) is 4.90 Å². The van der Waals surface area contributed by atoms with E-state index >= 15 is 0 Å². The molecule has 5 N–H and O–H groups in total. The largest absolute Gasteiger partial charge is 0.394 e. The smallest absolute Gasteiger partial charge is 0.325 e. The number of rotatable bonds is 2. The summed E-state index contributed by atoms with van der Waals surface area (Å²) < 4.78 is 19.6. The van der Waals surface area contributed by atoms with Crippen LogP contribution in [0.1, 0.15) is 6.92 Å². The van der Waals surface area contributed by atoms with Crippen LogP contribution in [0.2, 0.25) is 0 Å². The minimum atomic E-state index is -2.18. The van der Waals surface area contributed by atoms with Crippen molar-refractivity contribution in [3.05, 3.63) is 12.3 Å². The number of hydrogen-bond donors (Lipinski definition) is 4. The second-order valence-corrected chi connectivity index (χ2v) is 4.53. The maximum Gasteiger partial charge on any atom is 0.325 e. The molecule has 2 rings (SSSR count). The normalized spacial score (nSPS) is 44.3. The van der Waals surface area contributed by atoms with Crippen LogP contribution in [0.4, 0.5) is 9.18 Å². The van der Waals surface area contributed by atoms with Crippen LogP contribution in [0.15, 0.2) is 12.3 Å². The summed E-state index contributed by atoms with van der Waals surface area (Å²) in [6, 6.07) is -0.621. The van der Waals surface area contributed by atoms with E-state index in [1.54, 1.807) is 0 Å². The van der Waals surface area contributed by atoms with Crippen molar-refractivity contribution in [1.82, 2.24) is 10.2 Å². The monoisotopic (exact) mass is 261 g/mol. The third kappa shape index (κ3) is 1.97. The van der Waals surface area contributed by atoms with Crippen molar-refractivity contribution in [1.29, 1.82) is 0 Å². The number of halogens is 1. The number of aliphatic hydroxyl groups excluding tert-OH is 2. The first-order valence-electron chi connectivity index (χ1n) is 5.54. The number of alkyl halides is 1. The van der Waals surface area contributed by atoms with Crippen molar-refractivity contribution >= 4 is 6.03 Å². The number of amides is 2. The van der Waals surface area contributed by atoms with Gasteiger partial charge < -0.3 is 26.0 Å². The van der Waals surface area contributed by atoms with E-state index in [4.69, 9.17) is 15.6 Å². The van der Waals surface area contributed by atoms with Gasteiger partial charge in [0.2, 0.25) is 0 Å². The quantitative estimate of drug-likeness (QED) is 0.490. The lowest BCUT2D eigenvalue weighted by atomic mass is 9.98. The van der Waals surface area contributed by atoms with Crippen LogP contribution in [0.5, 0.6) is 0 Å². The number of nitrogens with two attached hydrogens (primary N) is 1. The van der Waals surface area contributed by atoms with E-state index in [0.717, 1.165) is 11.8 Å². The van der Waals surface area contributed by atoms with Gasteiger partial charge in [0.1, 0.15) is 12.2 Å². The minimum absolute atomic E-state index is 0.532. The molecule has 5 atom stereocenters. The second-order valence-electron chi connectivity index (χ2n) is 4.53. The van der Waals surface area contributed by atoms with Crippen molar-refractivity contribution in [2.75, 3.05) is 6.61 Å². The number of aliphatic hydroxyl groups is 2. The molecule has 7 nitrogen and oxygen atoms in total. The first-order valence-corrected chi connectivity index (χ1v) is 5.54. The Kier molecular flexibility index (Phi) is 3.28. The van der Waals surface area contributed by atoms with Crippen LogP contribution in [0.3, 0.4) is 0 Å². The molecule has 0 aromatic carbocycles. The maximum atomic E-state index is 14.4. The molecule has 1 saturated heterocycles. The molecule has 0 spiro atoms. The van der Waals surface area contributed by atoms with E-state index in [2.05, 4.69) is 5.32 Å². The van der Waals surface area contributed by atoms with Crippen LogP contribution in [0, 0.1) is 0 Å². The number of nitrogens with zero attached hydrogens (tertiary/aromatic N) is 1. The van der Waals surface area contributed by atoms with Crippen LogP contribution in [-0.4, -0.2) is 58.0 Å². The van der Waals surface area contributed by atoms with Gasteiger partial charge >= 0.3 is 6.03 Å². The Labute approximate surface area is 103 Å². The number of urea groups is 1. The third-order valence-corrected chi connectivity index (χ3v) is 3.13. The van der Waals surface area contributed by atoms with E-state index in [-0.39, 0.29) is 0 Å². The third-order valence-electron chi connectivity index (χ3n) is 3.13. The molecule has 8 heteroatoms. The molecule has 0 bridgehead atoms. The Bertz CT molecular complexity index is 376. The lowest BCUT2D eigenvalue weighted by Gasteiger charge is -2.34. The molecular weight excluding hydrogens is 245 g/mol. The van der Waals surface area contributed by atoms with Crippen molar-refractivity contribution < 1.29 is 24.1 Å². The van der Waals surface area contributed by atoms with Gasteiger partial charge in [-0.05, 0) is 13.0 Å². The summed E-state index contributed by atoms with van der Waals surface area (Å²) in [5.41, 5.74) is 3.28.